The van der Waals surface area contributed by atoms with E-state index >= 15 is 0 Å². The Balaban J connectivity index is 2.07. The highest BCUT2D eigenvalue weighted by atomic mass is 16.6. The summed E-state index contributed by atoms with van der Waals surface area (Å²) in [5.41, 5.74) is 6.55. The van der Waals surface area contributed by atoms with Crippen LogP contribution in [0.2, 0.25) is 0 Å². The molecule has 0 bridgehead atoms. The third kappa shape index (κ3) is 3.21. The number of nitro benzene ring substituents is 1. The number of nitro groups is 1. The van der Waals surface area contributed by atoms with Crippen molar-refractivity contribution in [2.45, 2.75) is 26.0 Å². The molecule has 0 amide bonds. The van der Waals surface area contributed by atoms with Crippen molar-refractivity contribution in [3.8, 4) is 0 Å². The minimum atomic E-state index is -0.466. The highest BCUT2D eigenvalue weighted by molar-refractivity contribution is 5.59. The number of aliphatic hydroxyl groups excluding tert-OH is 1. The Labute approximate surface area is 112 Å². The van der Waals surface area contributed by atoms with E-state index in [1.54, 1.807) is 12.1 Å². The summed E-state index contributed by atoms with van der Waals surface area (Å²) in [6, 6.07) is 4.88. The molecule has 2 rings (SSSR count). The highest BCUT2D eigenvalue weighted by Gasteiger charge is 2.24. The predicted molar refractivity (Wildman–Crippen MR) is 72.6 cm³/mol. The first kappa shape index (κ1) is 13.8. The molecule has 0 saturated carbocycles. The Morgan fingerprint density at radius 3 is 2.95 bits per heavy atom. The largest absolute Gasteiger partial charge is 0.393 e. The summed E-state index contributed by atoms with van der Waals surface area (Å²) < 4.78 is 0. The van der Waals surface area contributed by atoms with Gasteiger partial charge in [-0.25, -0.2) is 0 Å². The lowest BCUT2D eigenvalue weighted by Crippen LogP contribution is -2.42. The van der Waals surface area contributed by atoms with Crippen molar-refractivity contribution >= 4 is 11.4 Å². The maximum Gasteiger partial charge on any atom is 0.292 e. The molecule has 3 N–H and O–H groups in total. The smallest absolute Gasteiger partial charge is 0.292 e. The zero-order chi connectivity index (χ0) is 14.0. The van der Waals surface area contributed by atoms with Gasteiger partial charge in [-0.1, -0.05) is 13.0 Å². The predicted octanol–water partition coefficient (Wildman–Crippen LogP) is 1.38. The van der Waals surface area contributed by atoms with Crippen LogP contribution < -0.4 is 5.73 Å². The minimum absolute atomic E-state index is 0.0524. The van der Waals surface area contributed by atoms with Crippen molar-refractivity contribution in [3.63, 3.8) is 0 Å². The molecule has 0 aromatic heterocycles. The standard InChI is InChI=1S/C13H19N3O3/c1-9-4-5-15(8-13(9)17)7-10-2-3-11(14)12(6-10)16(18)19/h2-3,6,9,13,17H,4-5,7-8,14H2,1H3. The van der Waals surface area contributed by atoms with Crippen molar-refractivity contribution in [2.75, 3.05) is 18.8 Å². The summed E-state index contributed by atoms with van der Waals surface area (Å²) in [6.07, 6.45) is 0.621. The molecule has 1 aromatic carbocycles. The molecule has 2 unspecified atom stereocenters. The van der Waals surface area contributed by atoms with Crippen molar-refractivity contribution in [1.29, 1.82) is 0 Å². The van der Waals surface area contributed by atoms with E-state index in [-0.39, 0.29) is 17.5 Å². The summed E-state index contributed by atoms with van der Waals surface area (Å²) >= 11 is 0. The number of aliphatic hydroxyl groups is 1. The number of nitrogen functional groups attached to an aromatic ring is 1. The van der Waals surface area contributed by atoms with E-state index in [2.05, 4.69) is 4.90 Å². The van der Waals surface area contributed by atoms with Crippen molar-refractivity contribution in [2.24, 2.45) is 5.92 Å². The van der Waals surface area contributed by atoms with Crippen LogP contribution in [0.1, 0.15) is 18.9 Å². The van der Waals surface area contributed by atoms with Crippen LogP contribution >= 0.6 is 0 Å². The number of hydrogen-bond donors (Lipinski definition) is 2. The van der Waals surface area contributed by atoms with Gasteiger partial charge in [0.25, 0.3) is 5.69 Å². The second-order valence-corrected chi connectivity index (χ2v) is 5.22. The summed E-state index contributed by atoms with van der Waals surface area (Å²) in [6.45, 7) is 4.15. The fourth-order valence-electron chi connectivity index (χ4n) is 2.36. The molecular weight excluding hydrogens is 246 g/mol. The second-order valence-electron chi connectivity index (χ2n) is 5.22. The first-order valence-electron chi connectivity index (χ1n) is 6.40. The molecule has 1 aliphatic heterocycles. The van der Waals surface area contributed by atoms with E-state index in [0.29, 0.717) is 19.0 Å². The number of anilines is 1. The first-order chi connectivity index (χ1) is 8.97. The first-order valence-corrected chi connectivity index (χ1v) is 6.40. The zero-order valence-corrected chi connectivity index (χ0v) is 11.0. The van der Waals surface area contributed by atoms with Gasteiger partial charge in [-0.05, 0) is 30.5 Å². The quantitative estimate of drug-likeness (QED) is 0.489. The number of piperidine rings is 1. The van der Waals surface area contributed by atoms with Crippen LogP contribution in [-0.4, -0.2) is 34.1 Å². The van der Waals surface area contributed by atoms with Gasteiger partial charge in [-0.3, -0.25) is 15.0 Å². The summed E-state index contributed by atoms with van der Waals surface area (Å²) in [7, 11) is 0. The Morgan fingerprint density at radius 1 is 1.58 bits per heavy atom. The fraction of sp³-hybridized carbons (Fsp3) is 0.538. The van der Waals surface area contributed by atoms with E-state index in [1.807, 2.05) is 6.92 Å². The molecule has 6 nitrogen and oxygen atoms in total. The fourth-order valence-corrected chi connectivity index (χ4v) is 2.36. The van der Waals surface area contributed by atoms with Crippen LogP contribution in [0.25, 0.3) is 0 Å². The molecule has 6 heteroatoms. The Hall–Kier alpha value is -1.66. The molecular formula is C13H19N3O3. The third-order valence-corrected chi connectivity index (χ3v) is 3.70. The average Bonchev–Trinajstić information content (AvgIpc) is 2.36. The third-order valence-electron chi connectivity index (χ3n) is 3.70. The molecule has 1 saturated heterocycles. The molecule has 0 radical (unpaired) electrons. The molecule has 19 heavy (non-hydrogen) atoms. The molecule has 1 heterocycles. The number of nitrogens with two attached hydrogens (primary N) is 1. The summed E-state index contributed by atoms with van der Waals surface area (Å²) in [4.78, 5) is 12.5. The maximum atomic E-state index is 10.8. The lowest BCUT2D eigenvalue weighted by atomic mass is 9.96. The van der Waals surface area contributed by atoms with Gasteiger partial charge in [-0.2, -0.15) is 0 Å². The van der Waals surface area contributed by atoms with E-state index in [1.165, 1.54) is 6.07 Å². The Kier molecular flexibility index (Phi) is 4.01. The molecule has 104 valence electrons. The van der Waals surface area contributed by atoms with E-state index < -0.39 is 4.92 Å². The van der Waals surface area contributed by atoms with Gasteiger partial charge in [0.2, 0.25) is 0 Å². The van der Waals surface area contributed by atoms with Crippen LogP contribution in [-0.2, 0) is 6.54 Å². The van der Waals surface area contributed by atoms with Crippen LogP contribution in [0.3, 0.4) is 0 Å². The van der Waals surface area contributed by atoms with Gasteiger partial charge in [0.15, 0.2) is 0 Å². The van der Waals surface area contributed by atoms with Gasteiger partial charge in [-0.15, -0.1) is 0 Å². The second kappa shape index (κ2) is 5.54. The molecule has 2 atom stereocenters. The number of hydrogen-bond acceptors (Lipinski definition) is 5. The number of β-amino-alcohol motifs (C(OH)–C–C–N with tert-alkyl or cyclic N) is 1. The zero-order valence-electron chi connectivity index (χ0n) is 11.0. The molecule has 0 spiro atoms. The van der Waals surface area contributed by atoms with Crippen LogP contribution in [0.4, 0.5) is 11.4 Å². The summed E-state index contributed by atoms with van der Waals surface area (Å²) in [5, 5.41) is 20.7. The molecule has 1 aromatic rings. The van der Waals surface area contributed by atoms with Gasteiger partial charge in [0.1, 0.15) is 5.69 Å². The minimum Gasteiger partial charge on any atom is -0.393 e. The van der Waals surface area contributed by atoms with Gasteiger partial charge < -0.3 is 10.8 Å². The lowest BCUT2D eigenvalue weighted by molar-refractivity contribution is -0.384. The van der Waals surface area contributed by atoms with Crippen molar-refractivity contribution in [1.82, 2.24) is 4.90 Å². The monoisotopic (exact) mass is 265 g/mol. The Bertz CT molecular complexity index is 478. The van der Waals surface area contributed by atoms with Crippen LogP contribution in [0.15, 0.2) is 18.2 Å². The lowest BCUT2D eigenvalue weighted by Gasteiger charge is -2.34. The molecule has 0 aliphatic carbocycles. The maximum absolute atomic E-state index is 10.8. The van der Waals surface area contributed by atoms with E-state index in [9.17, 15) is 15.2 Å². The van der Waals surface area contributed by atoms with E-state index in [4.69, 9.17) is 5.73 Å². The number of benzene rings is 1. The number of likely N-dealkylation sites (tertiary alicyclic amines) is 1. The molecule has 1 aliphatic rings. The number of nitrogens with zero attached hydrogens (tertiary/aromatic N) is 2. The normalized spacial score (nSPS) is 24.3. The highest BCUT2D eigenvalue weighted by Crippen LogP contribution is 2.24. The number of rotatable bonds is 3. The van der Waals surface area contributed by atoms with Crippen molar-refractivity contribution in [3.05, 3.63) is 33.9 Å². The van der Waals surface area contributed by atoms with Gasteiger partial charge in [0.05, 0.1) is 11.0 Å². The Morgan fingerprint density at radius 2 is 2.32 bits per heavy atom. The topological polar surface area (TPSA) is 92.6 Å². The van der Waals surface area contributed by atoms with Gasteiger partial charge >= 0.3 is 0 Å². The average molecular weight is 265 g/mol. The van der Waals surface area contributed by atoms with Crippen LogP contribution in [0.5, 0.6) is 0 Å². The SMILES string of the molecule is CC1CCN(Cc2ccc(N)c([N+](=O)[O-])c2)CC1O. The van der Waals surface area contributed by atoms with Crippen molar-refractivity contribution < 1.29 is 10.0 Å². The van der Waals surface area contributed by atoms with Gasteiger partial charge in [0, 0.05) is 19.2 Å². The summed E-state index contributed by atoms with van der Waals surface area (Å²) in [5.74, 6) is 0.317. The molecule has 1 fully saturated rings. The van der Waals surface area contributed by atoms with E-state index in [0.717, 1.165) is 18.5 Å². The van der Waals surface area contributed by atoms with Crippen LogP contribution in [0, 0.1) is 16.0 Å².